The number of nitrogens with zero attached hydrogens (tertiary/aromatic N) is 1. The average molecular weight is 283 g/mol. The lowest BCUT2D eigenvalue weighted by Crippen LogP contribution is -2.06. The Balaban J connectivity index is 1.90. The van der Waals surface area contributed by atoms with Crippen LogP contribution < -0.4 is 4.74 Å². The Morgan fingerprint density at radius 1 is 1.10 bits per heavy atom. The first-order valence-corrected chi connectivity index (χ1v) is 6.09. The molecule has 0 unspecified atom stereocenters. The van der Waals surface area contributed by atoms with Gasteiger partial charge in [-0.15, -0.1) is 0 Å². The first-order valence-electron chi connectivity index (χ1n) is 6.09. The second-order valence-electron chi connectivity index (χ2n) is 4.29. The number of hydrogen-bond acceptors (Lipinski definition) is 5. The lowest BCUT2D eigenvalue weighted by atomic mass is 10.2. The van der Waals surface area contributed by atoms with E-state index >= 15 is 0 Å². The molecular weight excluding hydrogens is 274 g/mol. The number of para-hydroxylation sites is 1. The number of esters is 1. The molecule has 0 aliphatic rings. The molecule has 6 nitrogen and oxygen atoms in total. The average Bonchev–Trinajstić information content (AvgIpc) is 2.91. The minimum Gasteiger partial charge on any atom is -0.449 e. The summed E-state index contributed by atoms with van der Waals surface area (Å²) >= 11 is 0. The molecule has 0 saturated carbocycles. The van der Waals surface area contributed by atoms with Crippen LogP contribution in [0, 0.1) is 10.1 Å². The van der Waals surface area contributed by atoms with E-state index in [2.05, 4.69) is 0 Å². The van der Waals surface area contributed by atoms with Gasteiger partial charge in [0.05, 0.1) is 4.92 Å². The Hall–Kier alpha value is -3.15. The summed E-state index contributed by atoms with van der Waals surface area (Å²) in [7, 11) is 0. The third kappa shape index (κ3) is 2.59. The van der Waals surface area contributed by atoms with Crippen molar-refractivity contribution in [2.75, 3.05) is 0 Å². The summed E-state index contributed by atoms with van der Waals surface area (Å²) in [6.45, 7) is 0. The van der Waals surface area contributed by atoms with Crippen LogP contribution >= 0.6 is 0 Å². The fraction of sp³-hybridized carbons (Fsp3) is 0. The van der Waals surface area contributed by atoms with E-state index in [9.17, 15) is 14.9 Å². The first kappa shape index (κ1) is 12.9. The molecule has 3 aromatic rings. The number of hydrogen-bond donors (Lipinski definition) is 0. The van der Waals surface area contributed by atoms with Gasteiger partial charge in [0, 0.05) is 17.5 Å². The number of carbonyl (C=O) groups is 1. The molecule has 0 spiro atoms. The predicted molar refractivity (Wildman–Crippen MR) is 74.3 cm³/mol. The highest BCUT2D eigenvalue weighted by Gasteiger charge is 2.16. The van der Waals surface area contributed by atoms with E-state index in [1.54, 1.807) is 30.3 Å². The predicted octanol–water partition coefficient (Wildman–Crippen LogP) is 3.56. The maximum absolute atomic E-state index is 12.0. The number of benzene rings is 2. The Bertz CT molecular complexity index is 822. The lowest BCUT2D eigenvalue weighted by molar-refractivity contribution is -0.384. The number of nitro benzene ring substituents is 1. The lowest BCUT2D eigenvalue weighted by Gasteiger charge is -2.00. The van der Waals surface area contributed by atoms with Crippen molar-refractivity contribution in [1.82, 2.24) is 0 Å². The maximum Gasteiger partial charge on any atom is 0.379 e. The third-order valence-electron chi connectivity index (χ3n) is 2.87. The Labute approximate surface area is 118 Å². The van der Waals surface area contributed by atoms with E-state index in [4.69, 9.17) is 9.15 Å². The van der Waals surface area contributed by atoms with Crippen LogP contribution in [0.4, 0.5) is 5.69 Å². The summed E-state index contributed by atoms with van der Waals surface area (Å²) in [6.07, 6.45) is 0. The van der Waals surface area contributed by atoms with Crippen molar-refractivity contribution in [1.29, 1.82) is 0 Å². The molecule has 6 heteroatoms. The van der Waals surface area contributed by atoms with Crippen molar-refractivity contribution in [3.05, 3.63) is 70.5 Å². The highest BCUT2D eigenvalue weighted by Crippen LogP contribution is 2.25. The summed E-state index contributed by atoms with van der Waals surface area (Å²) in [4.78, 5) is 22.2. The molecule has 0 N–H and O–H groups in total. The van der Waals surface area contributed by atoms with Gasteiger partial charge in [-0.3, -0.25) is 10.1 Å². The molecule has 0 saturated heterocycles. The largest absolute Gasteiger partial charge is 0.449 e. The summed E-state index contributed by atoms with van der Waals surface area (Å²) in [5, 5.41) is 11.2. The first-order chi connectivity index (χ1) is 10.1. The van der Waals surface area contributed by atoms with Gasteiger partial charge in [0.2, 0.25) is 5.76 Å². The maximum atomic E-state index is 12.0. The second-order valence-corrected chi connectivity index (χ2v) is 4.29. The molecule has 0 amide bonds. The van der Waals surface area contributed by atoms with Gasteiger partial charge in [-0.2, -0.15) is 0 Å². The van der Waals surface area contributed by atoms with Gasteiger partial charge in [0.15, 0.2) is 0 Å². The molecule has 21 heavy (non-hydrogen) atoms. The minimum atomic E-state index is -0.653. The van der Waals surface area contributed by atoms with Gasteiger partial charge in [-0.05, 0) is 24.3 Å². The van der Waals surface area contributed by atoms with Gasteiger partial charge >= 0.3 is 5.97 Å². The van der Waals surface area contributed by atoms with E-state index in [-0.39, 0.29) is 11.4 Å². The van der Waals surface area contributed by atoms with Crippen molar-refractivity contribution in [2.24, 2.45) is 0 Å². The standard InChI is InChI=1S/C15H9NO5/c17-15(20-12-4-2-1-3-5-12)14-9-10-8-11(16(18)19)6-7-13(10)21-14/h1-9H. The molecule has 0 fully saturated rings. The molecule has 0 aliphatic heterocycles. The number of rotatable bonds is 3. The van der Waals surface area contributed by atoms with Gasteiger partial charge in [-0.1, -0.05) is 18.2 Å². The molecule has 1 heterocycles. The molecule has 0 atom stereocenters. The van der Waals surface area contributed by atoms with Crippen LogP contribution in [-0.2, 0) is 0 Å². The van der Waals surface area contributed by atoms with Crippen molar-refractivity contribution in [3.63, 3.8) is 0 Å². The summed E-state index contributed by atoms with van der Waals surface area (Å²) in [5.41, 5.74) is 0.326. The van der Waals surface area contributed by atoms with Crippen LogP contribution in [-0.4, -0.2) is 10.9 Å². The summed E-state index contributed by atoms with van der Waals surface area (Å²) in [5.74, 6) is -0.261. The van der Waals surface area contributed by atoms with E-state index in [1.807, 2.05) is 0 Å². The fourth-order valence-corrected chi connectivity index (χ4v) is 1.89. The van der Waals surface area contributed by atoms with E-state index in [0.29, 0.717) is 16.7 Å². The zero-order valence-electron chi connectivity index (χ0n) is 10.7. The second kappa shape index (κ2) is 5.09. The zero-order valence-corrected chi connectivity index (χ0v) is 10.7. The van der Waals surface area contributed by atoms with Gasteiger partial charge in [0.1, 0.15) is 11.3 Å². The number of nitro groups is 1. The van der Waals surface area contributed by atoms with Crippen LogP contribution in [0.1, 0.15) is 10.6 Å². The Morgan fingerprint density at radius 3 is 2.57 bits per heavy atom. The van der Waals surface area contributed by atoms with Crippen LogP contribution in [0.25, 0.3) is 11.0 Å². The highest BCUT2D eigenvalue weighted by molar-refractivity contribution is 5.94. The van der Waals surface area contributed by atoms with Crippen molar-refractivity contribution >= 4 is 22.6 Å². The zero-order chi connectivity index (χ0) is 14.8. The normalized spacial score (nSPS) is 10.5. The van der Waals surface area contributed by atoms with Crippen LogP contribution in [0.3, 0.4) is 0 Å². The number of non-ortho nitro benzene ring substituents is 1. The SMILES string of the molecule is O=C(Oc1ccccc1)c1cc2cc([N+](=O)[O-])ccc2o1. The molecule has 3 rings (SSSR count). The molecule has 0 bridgehead atoms. The van der Waals surface area contributed by atoms with Crippen molar-refractivity contribution in [3.8, 4) is 5.75 Å². The summed E-state index contributed by atoms with van der Waals surface area (Å²) in [6, 6.07) is 14.1. The monoisotopic (exact) mass is 283 g/mol. The van der Waals surface area contributed by atoms with E-state index in [1.165, 1.54) is 24.3 Å². The highest BCUT2D eigenvalue weighted by atomic mass is 16.6. The number of fused-ring (bicyclic) bond motifs is 1. The molecule has 104 valence electrons. The van der Waals surface area contributed by atoms with Crippen LogP contribution in [0.15, 0.2) is 59.0 Å². The summed E-state index contributed by atoms with van der Waals surface area (Å²) < 4.78 is 10.5. The number of ether oxygens (including phenoxy) is 1. The van der Waals surface area contributed by atoms with E-state index < -0.39 is 10.9 Å². The molecule has 0 radical (unpaired) electrons. The Morgan fingerprint density at radius 2 is 1.86 bits per heavy atom. The van der Waals surface area contributed by atoms with Gasteiger partial charge in [-0.25, -0.2) is 4.79 Å². The Kier molecular flexibility index (Phi) is 3.12. The molecule has 1 aromatic heterocycles. The topological polar surface area (TPSA) is 82.6 Å². The minimum absolute atomic E-state index is 0.00523. The van der Waals surface area contributed by atoms with Crippen molar-refractivity contribution in [2.45, 2.75) is 0 Å². The third-order valence-corrected chi connectivity index (χ3v) is 2.87. The van der Waals surface area contributed by atoms with Crippen LogP contribution in [0.2, 0.25) is 0 Å². The van der Waals surface area contributed by atoms with Crippen molar-refractivity contribution < 1.29 is 18.9 Å². The van der Waals surface area contributed by atoms with Gasteiger partial charge in [0.25, 0.3) is 5.69 Å². The number of furan rings is 1. The molecular formula is C15H9NO5. The van der Waals surface area contributed by atoms with E-state index in [0.717, 1.165) is 0 Å². The van der Waals surface area contributed by atoms with Gasteiger partial charge < -0.3 is 9.15 Å². The number of carbonyl (C=O) groups excluding carboxylic acids is 1. The smallest absolute Gasteiger partial charge is 0.379 e. The molecule has 0 aliphatic carbocycles. The quantitative estimate of drug-likeness (QED) is 0.317. The molecule has 2 aromatic carbocycles. The fourth-order valence-electron chi connectivity index (χ4n) is 1.89. The van der Waals surface area contributed by atoms with Crippen LogP contribution in [0.5, 0.6) is 5.75 Å².